The molecule has 0 saturated carbocycles. The predicted octanol–water partition coefficient (Wildman–Crippen LogP) is 1.94. The Hall–Kier alpha value is -1.10. The second kappa shape index (κ2) is 2.66. The Morgan fingerprint density at radius 2 is 2.50 bits per heavy atom. The fraction of sp³-hybridized carbons (Fsp3) is 0. The summed E-state index contributed by atoms with van der Waals surface area (Å²) < 4.78 is 16.4. The van der Waals surface area contributed by atoms with Crippen molar-refractivity contribution >= 4 is 17.5 Å². The van der Waals surface area contributed by atoms with E-state index in [9.17, 15) is 9.18 Å². The fourth-order valence-electron chi connectivity index (χ4n) is 0.432. The Morgan fingerprint density at radius 1 is 1.80 bits per heavy atom. The average molecular weight is 162 g/mol. The fourth-order valence-corrected chi connectivity index (χ4v) is 1.04. The minimum Gasteiger partial charge on any atom is -0.449 e. The number of carboxylic acid groups (broad SMARTS) is 1. The van der Waals surface area contributed by atoms with Crippen molar-refractivity contribution in [3.63, 3.8) is 0 Å². The lowest BCUT2D eigenvalue weighted by atomic mass is 10.6. The molecule has 0 aliphatic heterocycles. The highest BCUT2D eigenvalue weighted by molar-refractivity contribution is 7.11. The highest BCUT2D eigenvalue weighted by Crippen LogP contribution is 2.23. The van der Waals surface area contributed by atoms with Gasteiger partial charge in [-0.2, -0.15) is 0 Å². The van der Waals surface area contributed by atoms with Crippen molar-refractivity contribution in [2.24, 2.45) is 0 Å². The molecule has 0 unspecified atom stereocenters. The highest BCUT2D eigenvalue weighted by atomic mass is 32.1. The zero-order valence-electron chi connectivity index (χ0n) is 4.70. The van der Waals surface area contributed by atoms with E-state index >= 15 is 0 Å². The molecule has 1 heterocycles. The Kier molecular flexibility index (Phi) is 1.86. The van der Waals surface area contributed by atoms with E-state index in [0.29, 0.717) is 0 Å². The van der Waals surface area contributed by atoms with Crippen molar-refractivity contribution in [1.29, 1.82) is 0 Å². The summed E-state index contributed by atoms with van der Waals surface area (Å²) >= 11 is 0.900. The first-order valence-corrected chi connectivity index (χ1v) is 3.22. The van der Waals surface area contributed by atoms with Gasteiger partial charge in [0.05, 0.1) is 0 Å². The van der Waals surface area contributed by atoms with Crippen LogP contribution in [0.5, 0.6) is 5.06 Å². The van der Waals surface area contributed by atoms with Crippen LogP contribution < -0.4 is 4.74 Å². The maximum atomic E-state index is 12.3. The van der Waals surface area contributed by atoms with Gasteiger partial charge in [0.25, 0.3) is 0 Å². The van der Waals surface area contributed by atoms with Crippen LogP contribution in [-0.4, -0.2) is 11.3 Å². The molecule has 0 amide bonds. The molecule has 0 bridgehead atoms. The molecule has 10 heavy (non-hydrogen) atoms. The molecule has 0 atom stereocenters. The van der Waals surface area contributed by atoms with Gasteiger partial charge in [0.2, 0.25) is 5.06 Å². The second-order valence-corrected chi connectivity index (χ2v) is 2.30. The van der Waals surface area contributed by atoms with Crippen molar-refractivity contribution in [1.82, 2.24) is 0 Å². The molecule has 0 aromatic carbocycles. The summed E-state index contributed by atoms with van der Waals surface area (Å²) in [6.07, 6.45) is -1.50. The van der Waals surface area contributed by atoms with Crippen molar-refractivity contribution in [2.45, 2.75) is 0 Å². The Balaban J connectivity index is 2.74. The monoisotopic (exact) mass is 162 g/mol. The van der Waals surface area contributed by atoms with E-state index in [1.54, 1.807) is 0 Å². The van der Waals surface area contributed by atoms with Crippen LogP contribution >= 0.6 is 11.3 Å². The van der Waals surface area contributed by atoms with Crippen molar-refractivity contribution in [2.75, 3.05) is 0 Å². The summed E-state index contributed by atoms with van der Waals surface area (Å²) in [7, 11) is 0. The number of rotatable bonds is 1. The molecule has 0 saturated heterocycles. The van der Waals surface area contributed by atoms with Crippen molar-refractivity contribution in [3.8, 4) is 5.06 Å². The second-order valence-electron chi connectivity index (χ2n) is 1.42. The lowest BCUT2D eigenvalue weighted by molar-refractivity contribution is 0.144. The molecule has 0 fully saturated rings. The number of hydrogen-bond donors (Lipinski definition) is 1. The molecule has 1 N–H and O–H groups in total. The first kappa shape index (κ1) is 7.01. The van der Waals surface area contributed by atoms with Gasteiger partial charge in [-0.15, -0.1) is 11.3 Å². The summed E-state index contributed by atoms with van der Waals surface area (Å²) in [6.45, 7) is 0. The zero-order valence-corrected chi connectivity index (χ0v) is 5.52. The molecule has 5 heteroatoms. The Bertz CT molecular complexity index is 245. The third-order valence-corrected chi connectivity index (χ3v) is 1.53. The molecule has 0 spiro atoms. The molecule has 3 nitrogen and oxygen atoms in total. The van der Waals surface area contributed by atoms with Crippen molar-refractivity contribution < 1.29 is 19.0 Å². The van der Waals surface area contributed by atoms with Crippen LogP contribution in [0.15, 0.2) is 11.4 Å². The van der Waals surface area contributed by atoms with Crippen LogP contribution in [0.1, 0.15) is 0 Å². The van der Waals surface area contributed by atoms with Gasteiger partial charge in [0, 0.05) is 0 Å². The van der Waals surface area contributed by atoms with E-state index in [-0.39, 0.29) is 5.06 Å². The first-order chi connectivity index (χ1) is 4.70. The molecule has 0 radical (unpaired) electrons. The third kappa shape index (κ3) is 1.44. The molecule has 1 rings (SSSR count). The minimum absolute atomic E-state index is 0.215. The standard InChI is InChI=1S/C5H3FO3S/c6-3-1-2-10-4(3)9-5(7)8/h1-2H,(H,7,8). The largest absolute Gasteiger partial charge is 0.512 e. The first-order valence-electron chi connectivity index (χ1n) is 2.34. The van der Waals surface area contributed by atoms with Crippen LogP contribution in [0.25, 0.3) is 0 Å². The summed E-state index contributed by atoms with van der Waals surface area (Å²) in [5.41, 5.74) is 0. The van der Waals surface area contributed by atoms with Gasteiger partial charge in [-0.1, -0.05) is 0 Å². The van der Waals surface area contributed by atoms with Gasteiger partial charge < -0.3 is 9.84 Å². The highest BCUT2D eigenvalue weighted by Gasteiger charge is 2.07. The molecule has 1 aromatic heterocycles. The van der Waals surface area contributed by atoms with E-state index < -0.39 is 12.0 Å². The van der Waals surface area contributed by atoms with E-state index in [2.05, 4.69) is 4.74 Å². The number of thiophene rings is 1. The molecule has 0 aliphatic carbocycles. The molecule has 1 aromatic rings. The third-order valence-electron chi connectivity index (χ3n) is 0.764. The van der Waals surface area contributed by atoms with Gasteiger partial charge in [-0.3, -0.25) is 0 Å². The van der Waals surface area contributed by atoms with Gasteiger partial charge in [0.1, 0.15) is 0 Å². The lowest BCUT2D eigenvalue weighted by Gasteiger charge is -1.91. The lowest BCUT2D eigenvalue weighted by Crippen LogP contribution is -2.02. The average Bonchev–Trinajstić information content (AvgIpc) is 2.15. The van der Waals surface area contributed by atoms with E-state index in [1.165, 1.54) is 5.38 Å². The van der Waals surface area contributed by atoms with Crippen LogP contribution in [0.4, 0.5) is 9.18 Å². The summed E-state index contributed by atoms with van der Waals surface area (Å²) in [4.78, 5) is 9.84. The van der Waals surface area contributed by atoms with E-state index in [4.69, 9.17) is 5.11 Å². The Morgan fingerprint density at radius 3 is 2.90 bits per heavy atom. The normalized spacial score (nSPS) is 9.30. The molecular formula is C5H3FO3S. The van der Waals surface area contributed by atoms with Crippen LogP contribution in [0.3, 0.4) is 0 Å². The Labute approximate surface area is 59.7 Å². The number of halogens is 1. The topological polar surface area (TPSA) is 46.5 Å². The molecule has 0 aliphatic rings. The quantitative estimate of drug-likeness (QED) is 0.642. The van der Waals surface area contributed by atoms with Gasteiger partial charge >= 0.3 is 6.16 Å². The summed E-state index contributed by atoms with van der Waals surface area (Å²) in [6, 6.07) is 1.14. The van der Waals surface area contributed by atoms with Crippen molar-refractivity contribution in [3.05, 3.63) is 17.3 Å². The van der Waals surface area contributed by atoms with Gasteiger partial charge in [-0.05, 0) is 11.4 Å². The van der Waals surface area contributed by atoms with E-state index in [1.807, 2.05) is 0 Å². The number of ether oxygens (including phenoxy) is 1. The summed E-state index contributed by atoms with van der Waals surface area (Å²) in [5.74, 6) is -0.646. The molecule has 54 valence electrons. The smallest absolute Gasteiger partial charge is 0.449 e. The zero-order chi connectivity index (χ0) is 7.56. The molecular weight excluding hydrogens is 159 g/mol. The predicted molar refractivity (Wildman–Crippen MR) is 32.9 cm³/mol. The summed E-state index contributed by atoms with van der Waals surface area (Å²) in [5, 5.41) is 9.22. The van der Waals surface area contributed by atoms with Crippen LogP contribution in [-0.2, 0) is 0 Å². The van der Waals surface area contributed by atoms with Crippen LogP contribution in [0, 0.1) is 5.82 Å². The van der Waals surface area contributed by atoms with Gasteiger partial charge in [-0.25, -0.2) is 9.18 Å². The SMILES string of the molecule is O=C(O)Oc1sccc1F. The maximum Gasteiger partial charge on any atom is 0.512 e. The number of hydrogen-bond acceptors (Lipinski definition) is 3. The van der Waals surface area contributed by atoms with Crippen LogP contribution in [0.2, 0.25) is 0 Å². The van der Waals surface area contributed by atoms with E-state index in [0.717, 1.165) is 17.4 Å². The van der Waals surface area contributed by atoms with Gasteiger partial charge in [0.15, 0.2) is 5.82 Å². The number of carbonyl (C=O) groups is 1. The maximum absolute atomic E-state index is 12.3. The minimum atomic E-state index is -1.50.